The number of nitrogens with two attached hydrogens (primary N) is 1. The van der Waals surface area contributed by atoms with E-state index in [-0.39, 0.29) is 11.6 Å². The fraction of sp³-hybridized carbons (Fsp3) is 0.769. The van der Waals surface area contributed by atoms with Gasteiger partial charge >= 0.3 is 0 Å². The number of nitrogens with zero attached hydrogens (tertiary/aromatic N) is 2. The summed E-state index contributed by atoms with van der Waals surface area (Å²) in [4.78, 5) is 4.22. The third-order valence-corrected chi connectivity index (χ3v) is 2.75. The number of rotatable bonds is 3. The minimum Gasteiger partial charge on any atom is -0.328 e. The van der Waals surface area contributed by atoms with Crippen LogP contribution in [-0.2, 0) is 5.54 Å². The molecule has 0 amide bonds. The molecule has 16 heavy (non-hydrogen) atoms. The van der Waals surface area contributed by atoms with Crippen molar-refractivity contribution in [2.24, 2.45) is 11.1 Å². The fourth-order valence-corrected chi connectivity index (χ4v) is 2.53. The van der Waals surface area contributed by atoms with Gasteiger partial charge in [-0.25, -0.2) is 4.98 Å². The molecule has 0 fully saturated rings. The molecule has 3 nitrogen and oxygen atoms in total. The van der Waals surface area contributed by atoms with Crippen molar-refractivity contribution in [1.82, 2.24) is 9.55 Å². The van der Waals surface area contributed by atoms with E-state index in [4.69, 9.17) is 5.73 Å². The van der Waals surface area contributed by atoms with Crippen LogP contribution in [0.25, 0.3) is 0 Å². The van der Waals surface area contributed by atoms with Crippen LogP contribution in [0.1, 0.15) is 59.7 Å². The quantitative estimate of drug-likeness (QED) is 0.855. The summed E-state index contributed by atoms with van der Waals surface area (Å²) in [6.07, 6.45) is 4.86. The number of hydrogen-bond acceptors (Lipinski definition) is 2. The predicted octanol–water partition coefficient (Wildman–Crippen LogP) is 3.07. The summed E-state index contributed by atoms with van der Waals surface area (Å²) < 4.78 is 2.21. The zero-order valence-corrected chi connectivity index (χ0v) is 11.4. The van der Waals surface area contributed by atoms with Crippen LogP contribution in [0.3, 0.4) is 0 Å². The molecule has 0 spiro atoms. The van der Waals surface area contributed by atoms with Crippen molar-refractivity contribution in [3.05, 3.63) is 18.2 Å². The van der Waals surface area contributed by atoms with E-state index in [0.29, 0.717) is 5.41 Å². The molecule has 2 N–H and O–H groups in total. The van der Waals surface area contributed by atoms with Gasteiger partial charge < -0.3 is 10.3 Å². The molecule has 0 saturated heterocycles. The van der Waals surface area contributed by atoms with Gasteiger partial charge in [-0.1, -0.05) is 20.8 Å². The van der Waals surface area contributed by atoms with Gasteiger partial charge in [0.25, 0.3) is 0 Å². The van der Waals surface area contributed by atoms with Crippen LogP contribution in [0, 0.1) is 5.41 Å². The van der Waals surface area contributed by atoms with Gasteiger partial charge in [-0.05, 0) is 32.6 Å². The summed E-state index contributed by atoms with van der Waals surface area (Å²) >= 11 is 0. The zero-order chi connectivity index (χ0) is 12.6. The van der Waals surface area contributed by atoms with Gasteiger partial charge in [0.05, 0.1) is 12.0 Å². The molecule has 92 valence electrons. The summed E-state index contributed by atoms with van der Waals surface area (Å²) in [5.74, 6) is 0. The standard InChI is InChI=1S/C13H25N3/c1-10(14)11-7-15-9-16(11)13(5,6)8-12(2,3)4/h7,9-10H,8,14H2,1-6H3. The normalized spacial score (nSPS) is 15.2. The zero-order valence-electron chi connectivity index (χ0n) is 11.4. The smallest absolute Gasteiger partial charge is 0.0953 e. The van der Waals surface area contributed by atoms with Gasteiger partial charge in [-0.2, -0.15) is 0 Å². The molecule has 1 atom stereocenters. The van der Waals surface area contributed by atoms with Crippen molar-refractivity contribution in [1.29, 1.82) is 0 Å². The van der Waals surface area contributed by atoms with E-state index < -0.39 is 0 Å². The Hall–Kier alpha value is -0.830. The minimum absolute atomic E-state index is 0.0294. The first kappa shape index (κ1) is 13.2. The fourth-order valence-electron chi connectivity index (χ4n) is 2.53. The highest BCUT2D eigenvalue weighted by atomic mass is 15.1. The molecule has 3 heteroatoms. The third kappa shape index (κ3) is 3.08. The van der Waals surface area contributed by atoms with Gasteiger partial charge in [0, 0.05) is 17.8 Å². The Morgan fingerprint density at radius 1 is 1.31 bits per heavy atom. The lowest BCUT2D eigenvalue weighted by Crippen LogP contribution is -2.33. The summed E-state index contributed by atoms with van der Waals surface area (Å²) in [6, 6.07) is 0.0294. The van der Waals surface area contributed by atoms with E-state index in [1.54, 1.807) is 0 Å². The number of imidazole rings is 1. The molecule has 1 heterocycles. The van der Waals surface area contributed by atoms with Crippen LogP contribution in [-0.4, -0.2) is 9.55 Å². The van der Waals surface area contributed by atoms with E-state index in [1.165, 1.54) is 0 Å². The molecule has 0 radical (unpaired) electrons. The highest BCUT2D eigenvalue weighted by molar-refractivity contribution is 5.07. The minimum atomic E-state index is 0.0294. The molecule has 1 aromatic heterocycles. The van der Waals surface area contributed by atoms with Crippen LogP contribution in [0.2, 0.25) is 0 Å². The molecular weight excluding hydrogens is 198 g/mol. The van der Waals surface area contributed by atoms with Crippen LogP contribution in [0.4, 0.5) is 0 Å². The van der Waals surface area contributed by atoms with Crippen molar-refractivity contribution in [2.45, 2.75) is 59.5 Å². The van der Waals surface area contributed by atoms with E-state index in [9.17, 15) is 0 Å². The Morgan fingerprint density at radius 3 is 2.31 bits per heavy atom. The Morgan fingerprint density at radius 2 is 1.88 bits per heavy atom. The van der Waals surface area contributed by atoms with Crippen molar-refractivity contribution in [3.63, 3.8) is 0 Å². The van der Waals surface area contributed by atoms with Gasteiger partial charge in [0.1, 0.15) is 0 Å². The second-order valence-corrected chi connectivity index (χ2v) is 6.53. The highest BCUT2D eigenvalue weighted by Crippen LogP contribution is 2.33. The van der Waals surface area contributed by atoms with E-state index in [2.05, 4.69) is 44.2 Å². The Labute approximate surface area is 99.1 Å². The molecule has 0 aliphatic heterocycles. The lowest BCUT2D eigenvalue weighted by molar-refractivity contribution is 0.209. The monoisotopic (exact) mass is 223 g/mol. The van der Waals surface area contributed by atoms with E-state index in [0.717, 1.165) is 12.1 Å². The third-order valence-electron chi connectivity index (χ3n) is 2.75. The molecule has 0 aromatic carbocycles. The molecule has 1 rings (SSSR count). The molecule has 0 aliphatic rings. The molecule has 0 bridgehead atoms. The largest absolute Gasteiger partial charge is 0.328 e. The van der Waals surface area contributed by atoms with Gasteiger partial charge in [0.2, 0.25) is 0 Å². The van der Waals surface area contributed by atoms with Crippen LogP contribution >= 0.6 is 0 Å². The highest BCUT2D eigenvalue weighted by Gasteiger charge is 2.29. The first-order valence-electron chi connectivity index (χ1n) is 5.92. The Balaban J connectivity index is 3.02. The Bertz CT molecular complexity index is 342. The average molecular weight is 223 g/mol. The summed E-state index contributed by atoms with van der Waals surface area (Å²) in [5.41, 5.74) is 7.41. The van der Waals surface area contributed by atoms with Crippen LogP contribution in [0.15, 0.2) is 12.5 Å². The van der Waals surface area contributed by atoms with E-state index >= 15 is 0 Å². The maximum absolute atomic E-state index is 5.96. The Kier molecular flexibility index (Phi) is 3.48. The van der Waals surface area contributed by atoms with Gasteiger partial charge in [0.15, 0.2) is 0 Å². The van der Waals surface area contributed by atoms with Crippen molar-refractivity contribution >= 4 is 0 Å². The molecule has 1 aromatic rings. The number of hydrogen-bond donors (Lipinski definition) is 1. The average Bonchev–Trinajstić information content (AvgIpc) is 2.45. The summed E-state index contributed by atoms with van der Waals surface area (Å²) in [6.45, 7) is 13.3. The lowest BCUT2D eigenvalue weighted by atomic mass is 9.81. The summed E-state index contributed by atoms with van der Waals surface area (Å²) in [7, 11) is 0. The van der Waals surface area contributed by atoms with E-state index in [1.807, 2.05) is 19.4 Å². The molecular formula is C13H25N3. The topological polar surface area (TPSA) is 43.8 Å². The summed E-state index contributed by atoms with van der Waals surface area (Å²) in [5, 5.41) is 0. The van der Waals surface area contributed by atoms with Crippen molar-refractivity contribution in [3.8, 4) is 0 Å². The second-order valence-electron chi connectivity index (χ2n) is 6.53. The molecule has 0 aliphatic carbocycles. The SMILES string of the molecule is CC(N)c1cncn1C(C)(C)CC(C)(C)C. The van der Waals surface area contributed by atoms with Gasteiger partial charge in [-0.15, -0.1) is 0 Å². The predicted molar refractivity (Wildman–Crippen MR) is 68.2 cm³/mol. The van der Waals surface area contributed by atoms with Crippen LogP contribution in [0.5, 0.6) is 0 Å². The second kappa shape index (κ2) is 4.21. The van der Waals surface area contributed by atoms with Crippen molar-refractivity contribution < 1.29 is 0 Å². The molecule has 1 unspecified atom stereocenters. The van der Waals surface area contributed by atoms with Crippen molar-refractivity contribution in [2.75, 3.05) is 0 Å². The number of aromatic nitrogens is 2. The first-order valence-corrected chi connectivity index (χ1v) is 5.92. The van der Waals surface area contributed by atoms with Gasteiger partial charge in [-0.3, -0.25) is 0 Å². The maximum Gasteiger partial charge on any atom is 0.0953 e. The van der Waals surface area contributed by atoms with Crippen LogP contribution < -0.4 is 5.73 Å². The lowest BCUT2D eigenvalue weighted by Gasteiger charge is -2.35. The maximum atomic E-state index is 5.96. The first-order chi connectivity index (χ1) is 7.13. The molecule has 0 saturated carbocycles.